The molecule has 0 saturated heterocycles. The van der Waals surface area contributed by atoms with E-state index in [-0.39, 0.29) is 5.41 Å². The SMILES string of the molecule is CCc1cnc(CNCc2cnc(C(C)(C)C)s2)s1. The van der Waals surface area contributed by atoms with Gasteiger partial charge in [-0.05, 0) is 6.42 Å². The largest absolute Gasteiger partial charge is 0.305 e. The molecule has 0 spiro atoms. The Kier molecular flexibility index (Phi) is 4.71. The molecule has 0 unspecified atom stereocenters. The first-order valence-electron chi connectivity index (χ1n) is 6.58. The summed E-state index contributed by atoms with van der Waals surface area (Å²) in [6.45, 7) is 10.5. The van der Waals surface area contributed by atoms with Crippen LogP contribution in [-0.2, 0) is 24.9 Å². The Bertz CT molecular complexity index is 523. The standard InChI is InChI=1S/C14H21N3S2/c1-5-10-7-16-12(18-10)9-15-6-11-8-17-13(19-11)14(2,3)4/h7-8,15H,5-6,9H2,1-4H3. The molecule has 1 N–H and O–H groups in total. The van der Waals surface area contributed by atoms with E-state index in [1.165, 1.54) is 14.8 Å². The van der Waals surface area contributed by atoms with Gasteiger partial charge in [0.1, 0.15) is 5.01 Å². The highest BCUT2D eigenvalue weighted by Gasteiger charge is 2.17. The van der Waals surface area contributed by atoms with E-state index in [9.17, 15) is 0 Å². The van der Waals surface area contributed by atoms with Crippen LogP contribution < -0.4 is 5.32 Å². The van der Waals surface area contributed by atoms with Crippen LogP contribution in [0.25, 0.3) is 0 Å². The van der Waals surface area contributed by atoms with Crippen molar-refractivity contribution in [1.29, 1.82) is 0 Å². The van der Waals surface area contributed by atoms with Gasteiger partial charge in [-0.25, -0.2) is 9.97 Å². The van der Waals surface area contributed by atoms with Gasteiger partial charge in [0.25, 0.3) is 0 Å². The Balaban J connectivity index is 1.84. The number of hydrogen-bond acceptors (Lipinski definition) is 5. The van der Waals surface area contributed by atoms with E-state index in [1.807, 2.05) is 12.4 Å². The zero-order chi connectivity index (χ0) is 13.9. The zero-order valence-corrected chi connectivity index (χ0v) is 13.6. The molecule has 2 aromatic heterocycles. The fraction of sp³-hybridized carbons (Fsp3) is 0.571. The van der Waals surface area contributed by atoms with Crippen LogP contribution in [0, 0.1) is 0 Å². The average Bonchev–Trinajstić information content (AvgIpc) is 2.96. The fourth-order valence-electron chi connectivity index (χ4n) is 1.62. The summed E-state index contributed by atoms with van der Waals surface area (Å²) in [6.07, 6.45) is 5.03. The number of aromatic nitrogens is 2. The molecule has 0 amide bonds. The summed E-state index contributed by atoms with van der Waals surface area (Å²) < 4.78 is 0. The number of nitrogens with zero attached hydrogens (tertiary/aromatic N) is 2. The van der Waals surface area contributed by atoms with Crippen molar-refractivity contribution in [3.05, 3.63) is 32.2 Å². The number of thiazole rings is 2. The van der Waals surface area contributed by atoms with E-state index in [0.29, 0.717) is 0 Å². The molecule has 0 bridgehead atoms. The van der Waals surface area contributed by atoms with E-state index in [0.717, 1.165) is 24.5 Å². The van der Waals surface area contributed by atoms with Gasteiger partial charge in [0.2, 0.25) is 0 Å². The smallest absolute Gasteiger partial charge is 0.107 e. The van der Waals surface area contributed by atoms with Crippen LogP contribution in [0.5, 0.6) is 0 Å². The molecule has 2 rings (SSSR count). The maximum atomic E-state index is 4.50. The van der Waals surface area contributed by atoms with Crippen molar-refractivity contribution in [1.82, 2.24) is 15.3 Å². The van der Waals surface area contributed by atoms with Crippen molar-refractivity contribution in [2.75, 3.05) is 0 Å². The number of rotatable bonds is 5. The summed E-state index contributed by atoms with van der Waals surface area (Å²) in [5.74, 6) is 0. The first-order valence-corrected chi connectivity index (χ1v) is 8.22. The lowest BCUT2D eigenvalue weighted by atomic mass is 9.98. The third kappa shape index (κ3) is 4.09. The molecule has 0 atom stereocenters. The first kappa shape index (κ1) is 14.6. The lowest BCUT2D eigenvalue weighted by molar-refractivity contribution is 0.585. The van der Waals surface area contributed by atoms with Crippen molar-refractivity contribution in [2.24, 2.45) is 0 Å². The molecule has 2 heterocycles. The average molecular weight is 295 g/mol. The lowest BCUT2D eigenvalue weighted by Crippen LogP contribution is -2.11. The molecule has 2 aromatic rings. The second-order valence-electron chi connectivity index (χ2n) is 5.56. The number of nitrogens with one attached hydrogen (secondary N) is 1. The minimum absolute atomic E-state index is 0.147. The molecule has 0 aromatic carbocycles. The summed E-state index contributed by atoms with van der Waals surface area (Å²) in [7, 11) is 0. The highest BCUT2D eigenvalue weighted by atomic mass is 32.1. The highest BCUT2D eigenvalue weighted by Crippen LogP contribution is 2.26. The van der Waals surface area contributed by atoms with Gasteiger partial charge in [-0.3, -0.25) is 0 Å². The van der Waals surface area contributed by atoms with Crippen LogP contribution in [0.1, 0.15) is 47.5 Å². The predicted octanol–water partition coefficient (Wildman–Crippen LogP) is 3.75. The Hall–Kier alpha value is -0.780. The van der Waals surface area contributed by atoms with Gasteiger partial charge in [0.05, 0.1) is 5.01 Å². The zero-order valence-electron chi connectivity index (χ0n) is 12.0. The molecule has 0 saturated carbocycles. The minimum atomic E-state index is 0.147. The van der Waals surface area contributed by atoms with Crippen molar-refractivity contribution in [3.8, 4) is 0 Å². The van der Waals surface area contributed by atoms with Crippen molar-refractivity contribution >= 4 is 22.7 Å². The van der Waals surface area contributed by atoms with Crippen molar-refractivity contribution in [3.63, 3.8) is 0 Å². The second kappa shape index (κ2) is 6.11. The van der Waals surface area contributed by atoms with Gasteiger partial charge >= 0.3 is 0 Å². The van der Waals surface area contributed by atoms with E-state index in [1.54, 1.807) is 22.7 Å². The fourth-order valence-corrected chi connectivity index (χ4v) is 3.39. The van der Waals surface area contributed by atoms with Crippen LogP contribution >= 0.6 is 22.7 Å². The molecule has 104 valence electrons. The summed E-state index contributed by atoms with van der Waals surface area (Å²) >= 11 is 3.59. The van der Waals surface area contributed by atoms with E-state index in [2.05, 4.69) is 43.0 Å². The van der Waals surface area contributed by atoms with Crippen LogP contribution in [0.15, 0.2) is 12.4 Å². The maximum Gasteiger partial charge on any atom is 0.107 e. The second-order valence-corrected chi connectivity index (χ2v) is 7.87. The Labute approximate surface area is 123 Å². The lowest BCUT2D eigenvalue weighted by Gasteiger charge is -2.13. The van der Waals surface area contributed by atoms with Gasteiger partial charge in [0, 0.05) is 40.7 Å². The van der Waals surface area contributed by atoms with Gasteiger partial charge < -0.3 is 5.32 Å². The molecular weight excluding hydrogens is 274 g/mol. The van der Waals surface area contributed by atoms with E-state index in [4.69, 9.17) is 0 Å². The highest BCUT2D eigenvalue weighted by molar-refractivity contribution is 7.12. The Morgan fingerprint density at radius 1 is 1.05 bits per heavy atom. The van der Waals surface area contributed by atoms with Crippen LogP contribution in [0.4, 0.5) is 0 Å². The summed E-state index contributed by atoms with van der Waals surface area (Å²) in [4.78, 5) is 11.5. The van der Waals surface area contributed by atoms with Gasteiger partial charge in [-0.2, -0.15) is 0 Å². The Morgan fingerprint density at radius 3 is 2.37 bits per heavy atom. The molecule has 0 aliphatic rings. The maximum absolute atomic E-state index is 4.50. The van der Waals surface area contributed by atoms with Gasteiger partial charge in [-0.15, -0.1) is 22.7 Å². The van der Waals surface area contributed by atoms with E-state index >= 15 is 0 Å². The molecule has 3 nitrogen and oxygen atoms in total. The van der Waals surface area contributed by atoms with Gasteiger partial charge in [0.15, 0.2) is 0 Å². The van der Waals surface area contributed by atoms with Crippen LogP contribution in [0.3, 0.4) is 0 Å². The molecule has 0 aliphatic carbocycles. The summed E-state index contributed by atoms with van der Waals surface area (Å²) in [5, 5.41) is 5.80. The van der Waals surface area contributed by atoms with Gasteiger partial charge in [-0.1, -0.05) is 27.7 Å². The summed E-state index contributed by atoms with van der Waals surface area (Å²) in [5.41, 5.74) is 0.147. The van der Waals surface area contributed by atoms with Crippen molar-refractivity contribution < 1.29 is 0 Å². The summed E-state index contributed by atoms with van der Waals surface area (Å²) in [6, 6.07) is 0. The molecule has 5 heteroatoms. The Morgan fingerprint density at radius 2 is 1.79 bits per heavy atom. The molecule has 19 heavy (non-hydrogen) atoms. The quantitative estimate of drug-likeness (QED) is 0.913. The molecule has 0 fully saturated rings. The van der Waals surface area contributed by atoms with Crippen LogP contribution in [0.2, 0.25) is 0 Å². The third-order valence-corrected chi connectivity index (χ3v) is 5.29. The minimum Gasteiger partial charge on any atom is -0.305 e. The molecule has 0 aliphatic heterocycles. The number of hydrogen-bond donors (Lipinski definition) is 1. The normalized spacial score (nSPS) is 12.0. The first-order chi connectivity index (χ1) is 8.99. The topological polar surface area (TPSA) is 37.8 Å². The van der Waals surface area contributed by atoms with Crippen LogP contribution in [-0.4, -0.2) is 9.97 Å². The molecular formula is C14H21N3S2. The predicted molar refractivity (Wildman–Crippen MR) is 82.8 cm³/mol. The van der Waals surface area contributed by atoms with E-state index < -0.39 is 0 Å². The number of aryl methyl sites for hydroxylation is 1. The third-order valence-electron chi connectivity index (χ3n) is 2.72. The monoisotopic (exact) mass is 295 g/mol. The molecule has 0 radical (unpaired) electrons. The van der Waals surface area contributed by atoms with Crippen molar-refractivity contribution in [2.45, 2.75) is 52.6 Å².